The van der Waals surface area contributed by atoms with Crippen LogP contribution in [0, 0.1) is 0 Å². The minimum absolute atomic E-state index is 0.763. The molecular weight excluding hydrogens is 320 g/mol. The fourth-order valence-corrected chi connectivity index (χ4v) is 3.42. The van der Waals surface area contributed by atoms with E-state index < -0.39 is 0 Å². The Kier molecular flexibility index (Phi) is 3.44. The van der Waals surface area contributed by atoms with Crippen LogP contribution in [0.25, 0.3) is 10.8 Å². The number of nitrogens with zero attached hydrogens (tertiary/aromatic N) is 1. The Hall–Kier alpha value is -1.52. The molecule has 3 aromatic rings. The second-order valence-corrected chi connectivity index (χ2v) is 6.04. The third kappa shape index (κ3) is 2.46. The Bertz CT molecular complexity index is 743. The monoisotopic (exact) mass is 330 g/mol. The topological polar surface area (TPSA) is 38.9 Å². The van der Waals surface area contributed by atoms with Crippen LogP contribution in [-0.2, 0) is 0 Å². The van der Waals surface area contributed by atoms with Crippen molar-refractivity contribution in [1.82, 2.24) is 4.98 Å². The number of pyridine rings is 1. The highest BCUT2D eigenvalue weighted by Crippen LogP contribution is 2.38. The zero-order chi connectivity index (χ0) is 13.2. The molecule has 0 fully saturated rings. The van der Waals surface area contributed by atoms with Crippen LogP contribution in [0.3, 0.4) is 0 Å². The first kappa shape index (κ1) is 12.5. The van der Waals surface area contributed by atoms with Gasteiger partial charge in [-0.15, -0.1) is 0 Å². The third-order valence-electron chi connectivity index (χ3n) is 2.87. The average Bonchev–Trinajstić information content (AvgIpc) is 2.44. The van der Waals surface area contributed by atoms with Crippen LogP contribution in [-0.4, -0.2) is 4.98 Å². The molecule has 3 rings (SSSR count). The van der Waals surface area contributed by atoms with Gasteiger partial charge in [0.15, 0.2) is 0 Å². The maximum atomic E-state index is 5.99. The fraction of sp³-hybridized carbons (Fsp3) is 0. The van der Waals surface area contributed by atoms with Crippen LogP contribution in [0.1, 0.15) is 0 Å². The summed E-state index contributed by atoms with van der Waals surface area (Å²) in [6.07, 6.45) is 3.61. The number of rotatable bonds is 2. The quantitative estimate of drug-likeness (QED) is 0.690. The number of hydrogen-bond donors (Lipinski definition) is 1. The summed E-state index contributed by atoms with van der Waals surface area (Å²) in [5.41, 5.74) is 6.75. The summed E-state index contributed by atoms with van der Waals surface area (Å²) >= 11 is 5.30. The molecule has 4 heteroatoms. The van der Waals surface area contributed by atoms with E-state index in [0.717, 1.165) is 20.9 Å². The summed E-state index contributed by atoms with van der Waals surface area (Å²) in [7, 11) is 0. The van der Waals surface area contributed by atoms with Crippen LogP contribution >= 0.6 is 27.7 Å². The molecular formula is C15H11BrN2S. The Morgan fingerprint density at radius 3 is 2.63 bits per heavy atom. The largest absolute Gasteiger partial charge is 0.398 e. The minimum Gasteiger partial charge on any atom is -0.398 e. The number of benzene rings is 2. The number of nitrogen functional groups attached to an aromatic ring is 1. The molecule has 1 aromatic heterocycles. The molecule has 0 saturated heterocycles. The number of anilines is 1. The molecule has 0 spiro atoms. The lowest BCUT2D eigenvalue weighted by atomic mass is 10.1. The zero-order valence-electron chi connectivity index (χ0n) is 10.0. The molecule has 2 N–H and O–H groups in total. The Labute approximate surface area is 124 Å². The van der Waals surface area contributed by atoms with Crippen molar-refractivity contribution in [3.8, 4) is 0 Å². The van der Waals surface area contributed by atoms with Crippen LogP contribution in [0.15, 0.2) is 69.1 Å². The van der Waals surface area contributed by atoms with Gasteiger partial charge in [-0.2, -0.15) is 0 Å². The first-order valence-corrected chi connectivity index (χ1v) is 7.41. The summed E-state index contributed by atoms with van der Waals surface area (Å²) in [6.45, 7) is 0. The standard InChI is InChI=1S/C15H11BrN2S/c16-12-3-1-2-4-15(12)19-14-6-5-13(17)11-9-18-8-7-10(11)14/h1-9H,17H2. The predicted octanol–water partition coefficient (Wildman–Crippen LogP) is 4.73. The van der Waals surface area contributed by atoms with Crippen LogP contribution in [0.5, 0.6) is 0 Å². The van der Waals surface area contributed by atoms with E-state index in [4.69, 9.17) is 5.73 Å². The van der Waals surface area contributed by atoms with Crippen molar-refractivity contribution in [2.24, 2.45) is 0 Å². The van der Waals surface area contributed by atoms with Gasteiger partial charge >= 0.3 is 0 Å². The second-order valence-electron chi connectivity index (χ2n) is 4.11. The Morgan fingerprint density at radius 2 is 1.79 bits per heavy atom. The first-order chi connectivity index (χ1) is 9.25. The van der Waals surface area contributed by atoms with Gasteiger partial charge < -0.3 is 5.73 Å². The summed E-state index contributed by atoms with van der Waals surface area (Å²) in [5, 5.41) is 2.13. The van der Waals surface area contributed by atoms with Gasteiger partial charge in [0.1, 0.15) is 0 Å². The molecule has 1 heterocycles. The number of hydrogen-bond acceptors (Lipinski definition) is 3. The number of fused-ring (bicyclic) bond motifs is 1. The van der Waals surface area contributed by atoms with E-state index in [-0.39, 0.29) is 0 Å². The molecule has 0 atom stereocenters. The first-order valence-electron chi connectivity index (χ1n) is 5.80. The molecule has 0 aliphatic rings. The highest BCUT2D eigenvalue weighted by Gasteiger charge is 2.07. The van der Waals surface area contributed by atoms with Crippen LogP contribution in [0.4, 0.5) is 5.69 Å². The lowest BCUT2D eigenvalue weighted by Crippen LogP contribution is -1.89. The maximum Gasteiger partial charge on any atom is 0.0410 e. The lowest BCUT2D eigenvalue weighted by molar-refractivity contribution is 1.34. The van der Waals surface area contributed by atoms with Crippen molar-refractivity contribution < 1.29 is 0 Å². The summed E-state index contributed by atoms with van der Waals surface area (Å²) in [6, 6.07) is 14.2. The van der Waals surface area contributed by atoms with E-state index in [9.17, 15) is 0 Å². The third-order valence-corrected chi connectivity index (χ3v) is 4.97. The summed E-state index contributed by atoms with van der Waals surface area (Å²) in [4.78, 5) is 6.51. The van der Waals surface area contributed by atoms with Crippen LogP contribution in [0.2, 0.25) is 0 Å². The van der Waals surface area contributed by atoms with Gasteiger partial charge in [0.2, 0.25) is 0 Å². The van der Waals surface area contributed by atoms with Crippen molar-refractivity contribution in [3.05, 3.63) is 59.3 Å². The van der Waals surface area contributed by atoms with E-state index in [0.29, 0.717) is 0 Å². The molecule has 0 saturated carbocycles. The highest BCUT2D eigenvalue weighted by molar-refractivity contribution is 9.10. The minimum atomic E-state index is 0.763. The molecule has 94 valence electrons. The van der Waals surface area contributed by atoms with E-state index in [2.05, 4.69) is 33.0 Å². The van der Waals surface area contributed by atoms with Crippen LogP contribution < -0.4 is 5.73 Å². The highest BCUT2D eigenvalue weighted by atomic mass is 79.9. The van der Waals surface area contributed by atoms with Gasteiger partial charge in [-0.3, -0.25) is 4.98 Å². The van der Waals surface area contributed by atoms with Crippen molar-refractivity contribution in [2.45, 2.75) is 9.79 Å². The fourth-order valence-electron chi connectivity index (χ4n) is 1.92. The zero-order valence-corrected chi connectivity index (χ0v) is 12.4. The van der Waals surface area contributed by atoms with Crippen molar-refractivity contribution in [1.29, 1.82) is 0 Å². The van der Waals surface area contributed by atoms with Gasteiger partial charge in [0.05, 0.1) is 0 Å². The van der Waals surface area contributed by atoms with Crippen molar-refractivity contribution >= 4 is 44.2 Å². The summed E-state index contributed by atoms with van der Waals surface area (Å²) in [5.74, 6) is 0. The smallest absolute Gasteiger partial charge is 0.0410 e. The number of nitrogens with two attached hydrogens (primary N) is 1. The Morgan fingerprint density at radius 1 is 0.947 bits per heavy atom. The van der Waals surface area contributed by atoms with Gasteiger partial charge in [0, 0.05) is 43.1 Å². The SMILES string of the molecule is Nc1ccc(Sc2ccccc2Br)c2ccncc12. The molecule has 19 heavy (non-hydrogen) atoms. The molecule has 0 amide bonds. The molecule has 0 unspecified atom stereocenters. The molecule has 0 aliphatic heterocycles. The predicted molar refractivity (Wildman–Crippen MR) is 84.4 cm³/mol. The summed E-state index contributed by atoms with van der Waals surface area (Å²) < 4.78 is 1.10. The number of halogens is 1. The van der Waals surface area contributed by atoms with E-state index >= 15 is 0 Å². The molecule has 0 bridgehead atoms. The van der Waals surface area contributed by atoms with Gasteiger partial charge in [0.25, 0.3) is 0 Å². The maximum absolute atomic E-state index is 5.99. The van der Waals surface area contributed by atoms with Gasteiger partial charge in [-0.1, -0.05) is 23.9 Å². The molecule has 2 aromatic carbocycles. The van der Waals surface area contributed by atoms with E-state index in [1.54, 1.807) is 18.0 Å². The molecule has 0 radical (unpaired) electrons. The Balaban J connectivity index is 2.12. The average molecular weight is 331 g/mol. The molecule has 0 aliphatic carbocycles. The number of aromatic nitrogens is 1. The van der Waals surface area contributed by atoms with Crippen molar-refractivity contribution in [2.75, 3.05) is 5.73 Å². The second kappa shape index (κ2) is 5.23. The van der Waals surface area contributed by atoms with E-state index in [1.165, 1.54) is 9.79 Å². The van der Waals surface area contributed by atoms with Crippen molar-refractivity contribution in [3.63, 3.8) is 0 Å². The van der Waals surface area contributed by atoms with Gasteiger partial charge in [-0.25, -0.2) is 0 Å². The normalized spacial score (nSPS) is 10.8. The lowest BCUT2D eigenvalue weighted by Gasteiger charge is -2.09. The molecule has 2 nitrogen and oxygen atoms in total. The van der Waals surface area contributed by atoms with Gasteiger partial charge in [-0.05, 0) is 46.3 Å². The van der Waals surface area contributed by atoms with E-state index in [1.807, 2.05) is 36.5 Å².